The molecule has 0 spiro atoms. The molecule has 7 heteroatoms. The second kappa shape index (κ2) is 7.16. The van der Waals surface area contributed by atoms with Crippen LogP contribution in [0.25, 0.3) is 21.8 Å². The van der Waals surface area contributed by atoms with Crippen LogP contribution in [0.15, 0.2) is 48.5 Å². The Morgan fingerprint density at radius 1 is 1.10 bits per heavy atom. The van der Waals surface area contributed by atoms with E-state index in [4.69, 9.17) is 5.73 Å². The van der Waals surface area contributed by atoms with Crippen molar-refractivity contribution >= 4 is 27.7 Å². The number of alkyl halides is 3. The van der Waals surface area contributed by atoms with E-state index in [0.717, 1.165) is 29.6 Å². The molecule has 1 amide bonds. The normalized spacial score (nSPS) is 12.0. The van der Waals surface area contributed by atoms with E-state index >= 15 is 0 Å². The fourth-order valence-electron chi connectivity index (χ4n) is 3.75. The van der Waals surface area contributed by atoms with Crippen molar-refractivity contribution in [2.75, 3.05) is 0 Å². The molecule has 153 valence electrons. The first-order chi connectivity index (χ1) is 14.2. The van der Waals surface area contributed by atoms with Crippen LogP contribution in [0.5, 0.6) is 0 Å². The van der Waals surface area contributed by atoms with Gasteiger partial charge in [0.15, 0.2) is 0 Å². The summed E-state index contributed by atoms with van der Waals surface area (Å²) < 4.78 is 55.0. The Labute approximate surface area is 169 Å². The Hall–Kier alpha value is -3.35. The number of fused-ring (bicyclic) bond motifs is 3. The van der Waals surface area contributed by atoms with Crippen LogP contribution in [0.3, 0.4) is 0 Å². The molecule has 1 radical (unpaired) electrons. The molecule has 1 aromatic heterocycles. The first kappa shape index (κ1) is 19.9. The minimum absolute atomic E-state index is 0.0621. The Morgan fingerprint density at radius 3 is 2.53 bits per heavy atom. The largest absolute Gasteiger partial charge is 0.419 e. The average Bonchev–Trinajstić information content (AvgIpc) is 3.01. The molecule has 4 rings (SSSR count). The van der Waals surface area contributed by atoms with Crippen LogP contribution in [0, 0.1) is 11.9 Å². The van der Waals surface area contributed by atoms with Crippen molar-refractivity contribution < 1.29 is 22.4 Å². The zero-order chi connectivity index (χ0) is 21.6. The zero-order valence-corrected chi connectivity index (χ0v) is 16.0. The number of benzene rings is 3. The number of nitrogens with zero attached hydrogens (tertiary/aromatic N) is 1. The third-order valence-corrected chi connectivity index (χ3v) is 5.20. The summed E-state index contributed by atoms with van der Waals surface area (Å²) in [5.41, 5.74) is 7.19. The van der Waals surface area contributed by atoms with Crippen molar-refractivity contribution in [3.05, 3.63) is 82.7 Å². The highest BCUT2D eigenvalue weighted by Gasteiger charge is 2.34. The molecule has 0 aliphatic carbocycles. The number of hydrogen-bond donors (Lipinski definition) is 1. The van der Waals surface area contributed by atoms with Gasteiger partial charge in [-0.15, -0.1) is 0 Å². The SMILES string of the molecule is CCc1c[c]c2c3c(C(N)=O)cccc3n(Cc3ccc(F)c(C(F)(F)F)c3)c2c1. The van der Waals surface area contributed by atoms with Gasteiger partial charge in [0.2, 0.25) is 5.91 Å². The van der Waals surface area contributed by atoms with Crippen LogP contribution in [-0.2, 0) is 19.1 Å². The quantitative estimate of drug-likeness (QED) is 0.444. The van der Waals surface area contributed by atoms with Crippen molar-refractivity contribution in [2.45, 2.75) is 26.1 Å². The molecule has 0 bridgehead atoms. The van der Waals surface area contributed by atoms with Crippen LogP contribution in [-0.4, -0.2) is 10.5 Å². The van der Waals surface area contributed by atoms with Crippen molar-refractivity contribution in [1.29, 1.82) is 0 Å². The molecule has 3 nitrogen and oxygen atoms in total. The predicted molar refractivity (Wildman–Crippen MR) is 107 cm³/mol. The van der Waals surface area contributed by atoms with E-state index < -0.39 is 23.5 Å². The van der Waals surface area contributed by atoms with Crippen LogP contribution in [0.1, 0.15) is 34.0 Å². The summed E-state index contributed by atoms with van der Waals surface area (Å²) in [6.07, 6.45) is -4.05. The molecule has 3 aromatic carbocycles. The molecule has 0 aliphatic heterocycles. The first-order valence-corrected chi connectivity index (χ1v) is 9.31. The lowest BCUT2D eigenvalue weighted by atomic mass is 10.0. The van der Waals surface area contributed by atoms with E-state index in [1.807, 2.05) is 19.1 Å². The molecule has 0 saturated heterocycles. The summed E-state index contributed by atoms with van der Waals surface area (Å²) >= 11 is 0. The third kappa shape index (κ3) is 3.30. The van der Waals surface area contributed by atoms with Crippen molar-refractivity contribution in [3.63, 3.8) is 0 Å². The number of hydrogen-bond acceptors (Lipinski definition) is 1. The summed E-state index contributed by atoms with van der Waals surface area (Å²) in [5.74, 6) is -1.92. The Kier molecular flexibility index (Phi) is 4.76. The lowest BCUT2D eigenvalue weighted by Gasteiger charge is -2.12. The van der Waals surface area contributed by atoms with Gasteiger partial charge in [-0.25, -0.2) is 4.39 Å². The standard InChI is InChI=1S/C23H17F4N2O/c1-2-13-6-8-15-20(11-13)29(19-5-3-4-16(21(15)19)22(28)30)12-14-7-9-18(24)17(10-14)23(25,26)27/h3-7,9-11H,2,12H2,1H3,(H2,28,30). The summed E-state index contributed by atoms with van der Waals surface area (Å²) in [6, 6.07) is 15.0. The minimum Gasteiger partial charge on any atom is -0.366 e. The molecular formula is C23H17F4N2O. The van der Waals surface area contributed by atoms with Gasteiger partial charge < -0.3 is 10.3 Å². The van der Waals surface area contributed by atoms with Gasteiger partial charge in [0.05, 0.1) is 16.6 Å². The number of aromatic nitrogens is 1. The van der Waals surface area contributed by atoms with Gasteiger partial charge in [0.1, 0.15) is 5.82 Å². The van der Waals surface area contributed by atoms with Gasteiger partial charge in [0, 0.05) is 22.9 Å². The van der Waals surface area contributed by atoms with Crippen molar-refractivity contribution in [3.8, 4) is 0 Å². The molecule has 0 aliphatic rings. The fraction of sp³-hybridized carbons (Fsp3) is 0.174. The molecule has 0 atom stereocenters. The van der Waals surface area contributed by atoms with Crippen LogP contribution in [0.4, 0.5) is 17.6 Å². The van der Waals surface area contributed by atoms with Gasteiger partial charge in [-0.3, -0.25) is 4.79 Å². The summed E-state index contributed by atoms with van der Waals surface area (Å²) in [4.78, 5) is 12.0. The molecule has 0 saturated carbocycles. The van der Waals surface area contributed by atoms with Gasteiger partial charge in [0.25, 0.3) is 0 Å². The number of aryl methyl sites for hydroxylation is 1. The summed E-state index contributed by atoms with van der Waals surface area (Å²) in [5, 5.41) is 1.26. The van der Waals surface area contributed by atoms with E-state index in [2.05, 4.69) is 6.07 Å². The number of primary amides is 1. The van der Waals surface area contributed by atoms with Gasteiger partial charge in [-0.05, 0) is 53.9 Å². The van der Waals surface area contributed by atoms with Crippen LogP contribution in [0.2, 0.25) is 0 Å². The number of nitrogens with two attached hydrogens (primary N) is 1. The van der Waals surface area contributed by atoms with Crippen LogP contribution < -0.4 is 5.73 Å². The second-order valence-electron chi connectivity index (χ2n) is 7.08. The maximum atomic E-state index is 13.7. The van der Waals surface area contributed by atoms with E-state index in [9.17, 15) is 22.4 Å². The second-order valence-corrected chi connectivity index (χ2v) is 7.08. The fourth-order valence-corrected chi connectivity index (χ4v) is 3.75. The van der Waals surface area contributed by atoms with Crippen molar-refractivity contribution in [1.82, 2.24) is 4.57 Å². The number of carbonyl (C=O) groups excluding carboxylic acids is 1. The molecule has 0 fully saturated rings. The molecule has 2 N–H and O–H groups in total. The highest BCUT2D eigenvalue weighted by Crippen LogP contribution is 2.35. The average molecular weight is 413 g/mol. The number of rotatable bonds is 4. The molecule has 4 aromatic rings. The third-order valence-electron chi connectivity index (χ3n) is 5.20. The van der Waals surface area contributed by atoms with E-state index in [-0.39, 0.29) is 12.1 Å². The topological polar surface area (TPSA) is 48.0 Å². The highest BCUT2D eigenvalue weighted by atomic mass is 19.4. The predicted octanol–water partition coefficient (Wildman–Crippen LogP) is 5.46. The maximum Gasteiger partial charge on any atom is 0.419 e. The number of halogens is 4. The Bertz CT molecular complexity index is 1290. The Morgan fingerprint density at radius 2 is 1.87 bits per heavy atom. The summed E-state index contributed by atoms with van der Waals surface area (Å²) in [6.45, 7) is 2.04. The molecule has 0 unspecified atom stereocenters. The van der Waals surface area contributed by atoms with Gasteiger partial charge in [-0.1, -0.05) is 25.1 Å². The van der Waals surface area contributed by atoms with E-state index in [1.165, 1.54) is 6.07 Å². The summed E-state index contributed by atoms with van der Waals surface area (Å²) in [7, 11) is 0. The Balaban J connectivity index is 1.98. The lowest BCUT2D eigenvalue weighted by molar-refractivity contribution is -0.140. The van der Waals surface area contributed by atoms with Gasteiger partial charge >= 0.3 is 6.18 Å². The lowest BCUT2D eigenvalue weighted by Crippen LogP contribution is -2.11. The van der Waals surface area contributed by atoms with Crippen LogP contribution >= 0.6 is 0 Å². The molecule has 30 heavy (non-hydrogen) atoms. The number of carbonyl (C=O) groups is 1. The zero-order valence-electron chi connectivity index (χ0n) is 16.0. The van der Waals surface area contributed by atoms with Crippen molar-refractivity contribution in [2.24, 2.45) is 5.73 Å². The maximum absolute atomic E-state index is 13.7. The minimum atomic E-state index is -4.79. The molecule has 1 heterocycles. The smallest absolute Gasteiger partial charge is 0.366 e. The monoisotopic (exact) mass is 413 g/mol. The highest BCUT2D eigenvalue weighted by molar-refractivity contribution is 6.17. The number of amides is 1. The first-order valence-electron chi connectivity index (χ1n) is 9.31. The van der Waals surface area contributed by atoms with E-state index in [1.54, 1.807) is 22.8 Å². The van der Waals surface area contributed by atoms with E-state index in [0.29, 0.717) is 21.9 Å². The van der Waals surface area contributed by atoms with Gasteiger partial charge in [-0.2, -0.15) is 13.2 Å². The molecular weight excluding hydrogens is 396 g/mol.